The van der Waals surface area contributed by atoms with Crippen LogP contribution in [0.5, 0.6) is 0 Å². The number of nitrogens with two attached hydrogens (primary N) is 2. The Kier molecular flexibility index (Phi) is 6.82. The normalized spacial score (nSPS) is 14.2. The summed E-state index contributed by atoms with van der Waals surface area (Å²) in [7, 11) is 0. The molecule has 2 rings (SSSR count). The van der Waals surface area contributed by atoms with E-state index in [1.807, 2.05) is 0 Å². The van der Waals surface area contributed by atoms with Crippen molar-refractivity contribution in [2.45, 2.75) is 18.9 Å². The maximum atomic E-state index is 12.5. The maximum absolute atomic E-state index is 12.5. The Bertz CT molecular complexity index is 640. The standard InChI is InChI=1S/C14H18N6O2S2/c15-13(16)18-3-1-2-10(11(21)12-17-4-7-24-12)19-14(22)20-5-8-23-9-6-20/h4-10H,1-3H2,(H,19,22)(H4,15,16,18). The van der Waals surface area contributed by atoms with Gasteiger partial charge in [-0.25, -0.2) is 9.78 Å². The fourth-order valence-electron chi connectivity index (χ4n) is 1.92. The third-order valence-corrected chi connectivity index (χ3v) is 4.38. The van der Waals surface area contributed by atoms with Crippen LogP contribution in [0.15, 0.2) is 39.8 Å². The first-order valence-electron chi connectivity index (χ1n) is 7.14. The van der Waals surface area contributed by atoms with E-state index in [1.165, 1.54) is 28.0 Å². The molecule has 24 heavy (non-hydrogen) atoms. The number of aromatic nitrogens is 1. The molecule has 10 heteroatoms. The number of rotatable bonds is 7. The second-order valence-corrected chi connectivity index (χ2v) is 6.48. The topological polar surface area (TPSA) is 127 Å². The Balaban J connectivity index is 2.01. The summed E-state index contributed by atoms with van der Waals surface area (Å²) in [5, 5.41) is 8.38. The number of thioether (sulfide) groups is 1. The first kappa shape index (κ1) is 18.0. The smallest absolute Gasteiger partial charge is 0.326 e. The predicted molar refractivity (Wildman–Crippen MR) is 96.4 cm³/mol. The van der Waals surface area contributed by atoms with Crippen molar-refractivity contribution in [2.75, 3.05) is 6.54 Å². The molecular formula is C14H18N6O2S2. The van der Waals surface area contributed by atoms with E-state index >= 15 is 0 Å². The number of guanidine groups is 1. The maximum Gasteiger partial charge on any atom is 0.326 e. The zero-order valence-electron chi connectivity index (χ0n) is 12.8. The van der Waals surface area contributed by atoms with Crippen molar-refractivity contribution < 1.29 is 9.59 Å². The van der Waals surface area contributed by atoms with Crippen molar-refractivity contribution in [1.82, 2.24) is 15.2 Å². The number of Topliss-reactive ketones (excluding diaryl/α,β-unsaturated/α-hetero) is 1. The molecule has 1 aromatic rings. The van der Waals surface area contributed by atoms with E-state index in [2.05, 4.69) is 15.3 Å². The fraction of sp³-hybridized carbons (Fsp3) is 0.286. The number of carbonyl (C=O) groups is 2. The largest absolute Gasteiger partial charge is 0.370 e. The van der Waals surface area contributed by atoms with Gasteiger partial charge in [-0.05, 0) is 23.7 Å². The molecule has 0 aliphatic carbocycles. The highest BCUT2D eigenvalue weighted by atomic mass is 32.2. The highest BCUT2D eigenvalue weighted by Gasteiger charge is 2.25. The number of hydrogen-bond acceptors (Lipinski definition) is 6. The molecule has 8 nitrogen and oxygen atoms in total. The lowest BCUT2D eigenvalue weighted by Crippen LogP contribution is -2.45. The molecule has 1 unspecified atom stereocenters. The van der Waals surface area contributed by atoms with E-state index in [0.29, 0.717) is 24.4 Å². The molecule has 0 radical (unpaired) electrons. The molecule has 128 valence electrons. The molecule has 1 aromatic heterocycles. The van der Waals surface area contributed by atoms with E-state index in [4.69, 9.17) is 11.5 Å². The molecule has 1 aliphatic rings. The van der Waals surface area contributed by atoms with E-state index in [9.17, 15) is 9.59 Å². The summed E-state index contributed by atoms with van der Waals surface area (Å²) in [4.78, 5) is 34.1. The number of thiazole rings is 1. The van der Waals surface area contributed by atoms with Gasteiger partial charge in [-0.2, -0.15) is 0 Å². The van der Waals surface area contributed by atoms with Crippen LogP contribution < -0.4 is 16.8 Å². The quantitative estimate of drug-likeness (QED) is 0.290. The van der Waals surface area contributed by atoms with Gasteiger partial charge in [0, 0.05) is 30.5 Å². The van der Waals surface area contributed by atoms with Gasteiger partial charge in [-0.3, -0.25) is 14.7 Å². The third kappa shape index (κ3) is 5.39. The van der Waals surface area contributed by atoms with Crippen LogP contribution in [0.1, 0.15) is 22.6 Å². The molecule has 0 bridgehead atoms. The second-order valence-electron chi connectivity index (χ2n) is 4.77. The minimum Gasteiger partial charge on any atom is -0.370 e. The van der Waals surface area contributed by atoms with Crippen molar-refractivity contribution in [2.24, 2.45) is 16.5 Å². The predicted octanol–water partition coefficient (Wildman–Crippen LogP) is 1.45. The van der Waals surface area contributed by atoms with Crippen molar-refractivity contribution in [3.63, 3.8) is 0 Å². The Morgan fingerprint density at radius 2 is 2.08 bits per heavy atom. The number of carbonyl (C=O) groups excluding carboxylic acids is 2. The average molecular weight is 366 g/mol. The summed E-state index contributed by atoms with van der Waals surface area (Å²) in [5.41, 5.74) is 10.6. The molecule has 1 aliphatic heterocycles. The van der Waals surface area contributed by atoms with Crippen LogP contribution in [-0.4, -0.2) is 40.2 Å². The Labute approximate surface area is 147 Å². The van der Waals surface area contributed by atoms with E-state index in [1.54, 1.807) is 34.8 Å². The Morgan fingerprint density at radius 3 is 2.71 bits per heavy atom. The molecule has 2 amide bonds. The van der Waals surface area contributed by atoms with Gasteiger partial charge in [0.2, 0.25) is 5.78 Å². The Hall–Kier alpha value is -2.33. The molecule has 0 aromatic carbocycles. The summed E-state index contributed by atoms with van der Waals surface area (Å²) in [6, 6.07) is -1.06. The lowest BCUT2D eigenvalue weighted by Gasteiger charge is -2.21. The van der Waals surface area contributed by atoms with E-state index < -0.39 is 6.04 Å². The number of aliphatic imine (C=N–C) groups is 1. The van der Waals surface area contributed by atoms with Crippen LogP contribution in [0.4, 0.5) is 4.79 Å². The molecule has 0 saturated carbocycles. The average Bonchev–Trinajstić information content (AvgIpc) is 3.12. The zero-order chi connectivity index (χ0) is 17.4. The highest BCUT2D eigenvalue weighted by Crippen LogP contribution is 2.15. The number of ketones is 1. The van der Waals surface area contributed by atoms with E-state index in [0.717, 1.165) is 0 Å². The molecule has 0 fully saturated rings. The lowest BCUT2D eigenvalue weighted by molar-refractivity contribution is 0.0937. The Morgan fingerprint density at radius 1 is 1.33 bits per heavy atom. The third-order valence-electron chi connectivity index (χ3n) is 3.04. The molecule has 5 N–H and O–H groups in total. The number of hydrogen-bond donors (Lipinski definition) is 3. The van der Waals surface area contributed by atoms with Gasteiger partial charge in [0.25, 0.3) is 0 Å². The van der Waals surface area contributed by atoms with Gasteiger partial charge in [-0.15, -0.1) is 23.1 Å². The van der Waals surface area contributed by atoms with Crippen LogP contribution in [0.3, 0.4) is 0 Å². The number of nitrogens with one attached hydrogen (secondary N) is 1. The lowest BCUT2D eigenvalue weighted by atomic mass is 10.1. The SMILES string of the molecule is NC(N)=NCCCC(NC(=O)N1C=CSC=C1)C(=O)c1nccs1. The van der Waals surface area contributed by atoms with Crippen molar-refractivity contribution in [3.05, 3.63) is 39.8 Å². The summed E-state index contributed by atoms with van der Waals surface area (Å²) < 4.78 is 0. The van der Waals surface area contributed by atoms with Gasteiger partial charge in [0.1, 0.15) is 0 Å². The summed E-state index contributed by atoms with van der Waals surface area (Å²) in [6.45, 7) is 0.389. The minimum atomic E-state index is -0.686. The number of amides is 2. The van der Waals surface area contributed by atoms with Gasteiger partial charge in [-0.1, -0.05) is 0 Å². The summed E-state index contributed by atoms with van der Waals surface area (Å²) in [6.07, 6.45) is 5.79. The molecule has 0 spiro atoms. The van der Waals surface area contributed by atoms with Crippen molar-refractivity contribution in [1.29, 1.82) is 0 Å². The van der Waals surface area contributed by atoms with Crippen LogP contribution >= 0.6 is 23.1 Å². The van der Waals surface area contributed by atoms with Crippen LogP contribution in [0, 0.1) is 0 Å². The zero-order valence-corrected chi connectivity index (χ0v) is 14.4. The van der Waals surface area contributed by atoms with Crippen LogP contribution in [0.25, 0.3) is 0 Å². The summed E-state index contributed by atoms with van der Waals surface area (Å²) in [5.74, 6) is -0.217. The number of nitrogens with zero attached hydrogens (tertiary/aromatic N) is 3. The molecular weight excluding hydrogens is 348 g/mol. The van der Waals surface area contributed by atoms with Gasteiger partial charge >= 0.3 is 6.03 Å². The first-order chi connectivity index (χ1) is 11.6. The second kappa shape index (κ2) is 9.08. The monoisotopic (exact) mass is 366 g/mol. The molecule has 2 heterocycles. The van der Waals surface area contributed by atoms with Crippen molar-refractivity contribution in [3.8, 4) is 0 Å². The van der Waals surface area contributed by atoms with Crippen LogP contribution in [0.2, 0.25) is 0 Å². The summed E-state index contributed by atoms with van der Waals surface area (Å²) >= 11 is 2.70. The van der Waals surface area contributed by atoms with Gasteiger partial charge in [0.05, 0.1) is 6.04 Å². The van der Waals surface area contributed by atoms with Crippen LogP contribution in [-0.2, 0) is 0 Å². The molecule has 0 saturated heterocycles. The van der Waals surface area contributed by atoms with E-state index in [-0.39, 0.29) is 17.8 Å². The van der Waals surface area contributed by atoms with Gasteiger partial charge < -0.3 is 16.8 Å². The number of urea groups is 1. The minimum absolute atomic E-state index is 0.00271. The van der Waals surface area contributed by atoms with Gasteiger partial charge in [0.15, 0.2) is 11.0 Å². The fourth-order valence-corrected chi connectivity index (χ4v) is 3.05. The first-order valence-corrected chi connectivity index (χ1v) is 8.97. The highest BCUT2D eigenvalue weighted by molar-refractivity contribution is 8.04. The molecule has 1 atom stereocenters. The van der Waals surface area contributed by atoms with Crippen molar-refractivity contribution >= 4 is 40.9 Å².